The SMILES string of the molecule is CC.F.OC[C@@]12CCCN1C[C@@]1(CC1F)C2. The summed E-state index contributed by atoms with van der Waals surface area (Å²) >= 11 is 0. The van der Waals surface area contributed by atoms with E-state index in [1.165, 1.54) is 6.42 Å². The lowest BCUT2D eigenvalue weighted by Gasteiger charge is -2.29. The summed E-state index contributed by atoms with van der Waals surface area (Å²) in [6.07, 6.45) is 3.30. The van der Waals surface area contributed by atoms with Gasteiger partial charge in [0, 0.05) is 17.5 Å². The lowest BCUT2D eigenvalue weighted by Crippen LogP contribution is -2.41. The van der Waals surface area contributed by atoms with E-state index in [9.17, 15) is 9.50 Å². The van der Waals surface area contributed by atoms with Crippen molar-refractivity contribution in [1.82, 2.24) is 4.90 Å². The van der Waals surface area contributed by atoms with E-state index >= 15 is 0 Å². The Morgan fingerprint density at radius 3 is 2.50 bits per heavy atom. The second-order valence-electron chi connectivity index (χ2n) is 5.12. The van der Waals surface area contributed by atoms with Gasteiger partial charge in [-0.05, 0) is 32.2 Å². The fourth-order valence-corrected chi connectivity index (χ4v) is 3.41. The van der Waals surface area contributed by atoms with Gasteiger partial charge in [-0.15, -0.1) is 0 Å². The second kappa shape index (κ2) is 4.57. The zero-order chi connectivity index (χ0) is 11.1. The van der Waals surface area contributed by atoms with E-state index in [0.717, 1.165) is 32.4 Å². The number of hydrogen-bond acceptors (Lipinski definition) is 2. The summed E-state index contributed by atoms with van der Waals surface area (Å²) in [7, 11) is 0. The molecule has 16 heavy (non-hydrogen) atoms. The molecule has 3 rings (SSSR count). The van der Waals surface area contributed by atoms with E-state index in [4.69, 9.17) is 0 Å². The number of halogens is 2. The molecule has 0 aromatic rings. The summed E-state index contributed by atoms with van der Waals surface area (Å²) in [5.74, 6) is 0. The van der Waals surface area contributed by atoms with Gasteiger partial charge in [-0.1, -0.05) is 13.8 Å². The van der Waals surface area contributed by atoms with Crippen molar-refractivity contribution in [3.63, 3.8) is 0 Å². The van der Waals surface area contributed by atoms with Crippen molar-refractivity contribution in [2.45, 2.75) is 51.2 Å². The molecule has 2 heterocycles. The molecular formula is C12H23F2NO. The van der Waals surface area contributed by atoms with Crippen LogP contribution in [0.1, 0.15) is 39.5 Å². The molecule has 0 radical (unpaired) electrons. The fourth-order valence-electron chi connectivity index (χ4n) is 3.41. The largest absolute Gasteiger partial charge is 0.394 e. The van der Waals surface area contributed by atoms with Crippen LogP contribution in [0.3, 0.4) is 0 Å². The lowest BCUT2D eigenvalue weighted by molar-refractivity contribution is 0.0996. The molecule has 0 aromatic heterocycles. The Hall–Kier alpha value is -0.220. The Kier molecular flexibility index (Phi) is 3.95. The zero-order valence-corrected chi connectivity index (χ0v) is 10.2. The molecule has 3 atom stereocenters. The molecule has 1 aliphatic carbocycles. The van der Waals surface area contributed by atoms with E-state index in [1.54, 1.807) is 0 Å². The second-order valence-corrected chi connectivity index (χ2v) is 5.12. The van der Waals surface area contributed by atoms with Crippen LogP contribution in [-0.2, 0) is 0 Å². The normalized spacial score (nSPS) is 44.6. The predicted octanol–water partition coefficient (Wildman–Crippen LogP) is 2.12. The maximum atomic E-state index is 13.2. The summed E-state index contributed by atoms with van der Waals surface area (Å²) < 4.78 is 13.2. The summed E-state index contributed by atoms with van der Waals surface area (Å²) in [4.78, 5) is 2.33. The molecular weight excluding hydrogens is 212 g/mol. The Labute approximate surface area is 96.2 Å². The van der Waals surface area contributed by atoms with Gasteiger partial charge < -0.3 is 5.11 Å². The molecule has 1 saturated carbocycles. The first kappa shape index (κ1) is 13.8. The molecule has 0 aromatic carbocycles. The highest BCUT2D eigenvalue weighted by Gasteiger charge is 2.66. The van der Waals surface area contributed by atoms with Crippen LogP contribution in [0.4, 0.5) is 9.09 Å². The van der Waals surface area contributed by atoms with Crippen molar-refractivity contribution in [3.8, 4) is 0 Å². The van der Waals surface area contributed by atoms with Crippen molar-refractivity contribution in [3.05, 3.63) is 0 Å². The van der Waals surface area contributed by atoms with Crippen LogP contribution in [0.5, 0.6) is 0 Å². The third-order valence-corrected chi connectivity index (χ3v) is 4.31. The van der Waals surface area contributed by atoms with Crippen molar-refractivity contribution < 1.29 is 14.2 Å². The Balaban J connectivity index is 0.000000406. The fraction of sp³-hybridized carbons (Fsp3) is 1.00. The van der Waals surface area contributed by atoms with Crippen molar-refractivity contribution >= 4 is 0 Å². The first-order valence-electron chi connectivity index (χ1n) is 6.21. The Morgan fingerprint density at radius 2 is 2.06 bits per heavy atom. The van der Waals surface area contributed by atoms with Gasteiger partial charge in [0.25, 0.3) is 0 Å². The third-order valence-electron chi connectivity index (χ3n) is 4.31. The van der Waals surface area contributed by atoms with Gasteiger partial charge in [0.15, 0.2) is 0 Å². The van der Waals surface area contributed by atoms with Crippen LogP contribution in [0, 0.1) is 5.41 Å². The molecule has 3 fully saturated rings. The molecule has 96 valence electrons. The van der Waals surface area contributed by atoms with E-state index in [2.05, 4.69) is 4.90 Å². The molecule has 1 spiro atoms. The molecule has 0 bridgehead atoms. The van der Waals surface area contributed by atoms with Crippen LogP contribution < -0.4 is 0 Å². The number of hydrogen-bond donors (Lipinski definition) is 1. The lowest BCUT2D eigenvalue weighted by atomic mass is 9.89. The third kappa shape index (κ3) is 1.76. The molecule has 2 saturated heterocycles. The molecule has 3 aliphatic rings. The minimum absolute atomic E-state index is 0. The highest BCUT2D eigenvalue weighted by molar-refractivity contribution is 5.18. The Bertz CT molecular complexity index is 251. The van der Waals surface area contributed by atoms with Crippen LogP contribution >= 0.6 is 0 Å². The molecule has 1 unspecified atom stereocenters. The van der Waals surface area contributed by atoms with E-state index in [0.29, 0.717) is 0 Å². The number of fused-ring (bicyclic) bond motifs is 1. The van der Waals surface area contributed by atoms with Gasteiger partial charge in [0.05, 0.1) is 6.61 Å². The number of alkyl halides is 1. The number of aliphatic hydroxyl groups is 1. The number of nitrogens with zero attached hydrogens (tertiary/aromatic N) is 1. The minimum Gasteiger partial charge on any atom is -0.394 e. The van der Waals surface area contributed by atoms with Gasteiger partial charge in [0.2, 0.25) is 0 Å². The molecule has 1 N–H and O–H groups in total. The van der Waals surface area contributed by atoms with Crippen molar-refractivity contribution in [2.24, 2.45) is 5.41 Å². The van der Waals surface area contributed by atoms with Crippen molar-refractivity contribution in [2.75, 3.05) is 19.7 Å². The van der Waals surface area contributed by atoms with Crippen LogP contribution in [0.2, 0.25) is 0 Å². The van der Waals surface area contributed by atoms with Gasteiger partial charge >= 0.3 is 0 Å². The molecule has 2 nitrogen and oxygen atoms in total. The summed E-state index contributed by atoms with van der Waals surface area (Å²) in [6.45, 7) is 6.19. The highest BCUT2D eigenvalue weighted by atomic mass is 19.1. The van der Waals surface area contributed by atoms with E-state index in [-0.39, 0.29) is 22.3 Å². The smallest absolute Gasteiger partial charge is 0.108 e. The molecule has 4 heteroatoms. The van der Waals surface area contributed by atoms with Crippen LogP contribution in [0.15, 0.2) is 0 Å². The van der Waals surface area contributed by atoms with E-state index < -0.39 is 6.17 Å². The standard InChI is InChI=1S/C10H16FNO.C2H6.FH/c11-8-4-9(8)5-10(7-13)2-1-3-12(10)6-9;1-2;/h8,13H,1-7H2;1-2H3;1H/t8?,9-,10+;;/m1../s1. The monoisotopic (exact) mass is 235 g/mol. The van der Waals surface area contributed by atoms with Crippen LogP contribution in [-0.4, -0.2) is 41.4 Å². The minimum atomic E-state index is -0.582. The molecule has 2 aliphatic heterocycles. The summed E-state index contributed by atoms with van der Waals surface area (Å²) in [6, 6.07) is 0. The average molecular weight is 235 g/mol. The maximum absolute atomic E-state index is 13.2. The first-order valence-corrected chi connectivity index (χ1v) is 6.21. The first-order chi connectivity index (χ1) is 7.21. The summed E-state index contributed by atoms with van der Waals surface area (Å²) in [5, 5.41) is 9.41. The van der Waals surface area contributed by atoms with E-state index in [1.807, 2.05) is 13.8 Å². The van der Waals surface area contributed by atoms with Crippen molar-refractivity contribution in [1.29, 1.82) is 0 Å². The Morgan fingerprint density at radius 1 is 1.44 bits per heavy atom. The zero-order valence-electron chi connectivity index (χ0n) is 10.2. The summed E-state index contributed by atoms with van der Waals surface area (Å²) in [5.41, 5.74) is -0.0655. The maximum Gasteiger partial charge on any atom is 0.108 e. The number of aliphatic hydroxyl groups excluding tert-OH is 1. The quantitative estimate of drug-likeness (QED) is 0.752. The van der Waals surface area contributed by atoms with Crippen LogP contribution in [0.25, 0.3) is 0 Å². The van der Waals surface area contributed by atoms with Gasteiger partial charge in [-0.25, -0.2) is 4.39 Å². The number of rotatable bonds is 1. The molecule has 0 amide bonds. The topological polar surface area (TPSA) is 23.5 Å². The highest BCUT2D eigenvalue weighted by Crippen LogP contribution is 2.61. The average Bonchev–Trinajstić information content (AvgIpc) is 2.62. The predicted molar refractivity (Wildman–Crippen MR) is 61.0 cm³/mol. The van der Waals surface area contributed by atoms with Gasteiger partial charge in [-0.2, -0.15) is 0 Å². The van der Waals surface area contributed by atoms with Gasteiger partial charge in [-0.3, -0.25) is 9.60 Å². The van der Waals surface area contributed by atoms with Gasteiger partial charge in [0.1, 0.15) is 6.17 Å².